The lowest BCUT2D eigenvalue weighted by Gasteiger charge is -2.15. The van der Waals surface area contributed by atoms with Crippen molar-refractivity contribution in [3.63, 3.8) is 0 Å². The van der Waals surface area contributed by atoms with Gasteiger partial charge in [-0.3, -0.25) is 0 Å². The van der Waals surface area contributed by atoms with E-state index in [9.17, 15) is 23.1 Å². The Morgan fingerprint density at radius 1 is 1.06 bits per heavy atom. The number of nitrogens with zero attached hydrogens (tertiary/aromatic N) is 1. The molecule has 0 aliphatic carbocycles. The number of hydrogen-bond donors (Lipinski definition) is 2. The van der Waals surface area contributed by atoms with Gasteiger partial charge in [0, 0.05) is 12.3 Å². The quantitative estimate of drug-likeness (QED) is 0.265. The van der Waals surface area contributed by atoms with Gasteiger partial charge in [-0.25, -0.2) is 9.78 Å². The molecule has 4 aromatic rings. The first-order valence-corrected chi connectivity index (χ1v) is 11.6. The lowest BCUT2D eigenvalue weighted by Crippen LogP contribution is -2.17. The highest BCUT2D eigenvalue weighted by Gasteiger charge is 2.31. The third kappa shape index (κ3) is 5.77. The summed E-state index contributed by atoms with van der Waals surface area (Å²) in [5.74, 6) is -0.865. The summed E-state index contributed by atoms with van der Waals surface area (Å²) in [7, 11) is 0. The summed E-state index contributed by atoms with van der Waals surface area (Å²) in [6.07, 6.45) is -4.76. The third-order valence-corrected chi connectivity index (χ3v) is 6.58. The molecule has 2 aromatic carbocycles. The van der Waals surface area contributed by atoms with E-state index < -0.39 is 12.3 Å². The number of aromatic nitrogens is 1. The predicted octanol–water partition coefficient (Wildman–Crippen LogP) is 6.80. The van der Waals surface area contributed by atoms with Crippen molar-refractivity contribution < 1.29 is 27.8 Å². The van der Waals surface area contributed by atoms with Gasteiger partial charge in [0.05, 0.1) is 15.9 Å². The van der Waals surface area contributed by atoms with Crippen molar-refractivity contribution in [3.8, 4) is 5.75 Å². The molecule has 0 bridgehead atoms. The molecular formula is C23H17F3N2O3S2. The van der Waals surface area contributed by atoms with E-state index in [-0.39, 0.29) is 17.9 Å². The zero-order valence-corrected chi connectivity index (χ0v) is 18.6. The van der Waals surface area contributed by atoms with Crippen LogP contribution in [0.2, 0.25) is 0 Å². The summed E-state index contributed by atoms with van der Waals surface area (Å²) >= 11 is 2.71. The lowest BCUT2D eigenvalue weighted by molar-refractivity contribution is -0.274. The van der Waals surface area contributed by atoms with Crippen LogP contribution >= 0.6 is 23.1 Å². The van der Waals surface area contributed by atoms with E-state index in [0.717, 1.165) is 5.56 Å². The third-order valence-electron chi connectivity index (χ3n) is 4.62. The van der Waals surface area contributed by atoms with Crippen molar-refractivity contribution in [2.45, 2.75) is 23.7 Å². The molecule has 0 unspecified atom stereocenters. The molecule has 2 heterocycles. The van der Waals surface area contributed by atoms with Gasteiger partial charge >= 0.3 is 12.3 Å². The number of halogens is 3. The Balaban J connectivity index is 1.60. The van der Waals surface area contributed by atoms with Crippen molar-refractivity contribution >= 4 is 45.0 Å². The largest absolute Gasteiger partial charge is 0.573 e. The van der Waals surface area contributed by atoms with Crippen molar-refractivity contribution in [2.24, 2.45) is 0 Å². The summed E-state index contributed by atoms with van der Waals surface area (Å²) in [6.45, 7) is 0.215. The number of fused-ring (bicyclic) bond motifs is 1. The van der Waals surface area contributed by atoms with Crippen LogP contribution in [0.3, 0.4) is 0 Å². The van der Waals surface area contributed by atoms with Gasteiger partial charge in [-0.1, -0.05) is 42.5 Å². The Bertz CT molecular complexity index is 1260. The van der Waals surface area contributed by atoms with Crippen LogP contribution in [-0.4, -0.2) is 22.4 Å². The zero-order chi connectivity index (χ0) is 23.4. The topological polar surface area (TPSA) is 71.5 Å². The Kier molecular flexibility index (Phi) is 6.75. The highest BCUT2D eigenvalue weighted by atomic mass is 32.2. The SMILES string of the molecule is O=C(O)c1c(SCc2ccccc2)nc2ccsc2c1NCc1ccc(OC(F)(F)F)cc1. The Hall–Kier alpha value is -3.24. The standard InChI is InChI=1S/C23H17F3N2O3S2/c24-23(25,26)31-16-8-6-14(7-9-16)12-27-19-18(22(29)30)21(28-17-10-11-32-20(17)19)33-13-15-4-2-1-3-5-15/h1-11H,12-13H2,(H,27,28)(H,29,30). The summed E-state index contributed by atoms with van der Waals surface area (Å²) in [5.41, 5.74) is 2.90. The van der Waals surface area contributed by atoms with Crippen molar-refractivity contribution in [1.29, 1.82) is 0 Å². The van der Waals surface area contributed by atoms with Gasteiger partial charge in [0.1, 0.15) is 16.3 Å². The maximum Gasteiger partial charge on any atom is 0.573 e. The van der Waals surface area contributed by atoms with Gasteiger partial charge in [0.25, 0.3) is 0 Å². The molecule has 0 saturated heterocycles. The maximum atomic E-state index is 12.4. The lowest BCUT2D eigenvalue weighted by atomic mass is 10.2. The first-order valence-electron chi connectivity index (χ1n) is 9.70. The van der Waals surface area contributed by atoms with Crippen LogP contribution < -0.4 is 10.1 Å². The minimum Gasteiger partial charge on any atom is -0.478 e. The Labute approximate surface area is 195 Å². The van der Waals surface area contributed by atoms with Gasteiger partial charge in [-0.15, -0.1) is 36.3 Å². The Morgan fingerprint density at radius 2 is 1.79 bits per heavy atom. The fourth-order valence-corrected chi connectivity index (χ4v) is 5.01. The number of pyridine rings is 1. The van der Waals surface area contributed by atoms with Crippen LogP contribution in [0.5, 0.6) is 5.75 Å². The normalized spacial score (nSPS) is 11.5. The highest BCUT2D eigenvalue weighted by Crippen LogP contribution is 2.37. The molecule has 0 aliphatic heterocycles. The number of carboxylic acids is 1. The number of thioether (sulfide) groups is 1. The molecule has 0 amide bonds. The number of benzene rings is 2. The molecule has 4 rings (SSSR count). The number of thiophene rings is 1. The first-order chi connectivity index (χ1) is 15.8. The highest BCUT2D eigenvalue weighted by molar-refractivity contribution is 7.98. The average molecular weight is 491 g/mol. The van der Waals surface area contributed by atoms with Crippen LogP contribution in [0.15, 0.2) is 71.1 Å². The molecule has 170 valence electrons. The molecule has 0 saturated carbocycles. The molecule has 0 radical (unpaired) electrons. The second-order valence-corrected chi connectivity index (χ2v) is 8.81. The average Bonchev–Trinajstić information content (AvgIpc) is 3.24. The van der Waals surface area contributed by atoms with E-state index in [1.165, 1.54) is 47.4 Å². The van der Waals surface area contributed by atoms with E-state index in [2.05, 4.69) is 15.0 Å². The zero-order valence-electron chi connectivity index (χ0n) is 16.9. The van der Waals surface area contributed by atoms with Gasteiger partial charge < -0.3 is 15.2 Å². The van der Waals surface area contributed by atoms with Gasteiger partial charge in [0.2, 0.25) is 0 Å². The fourth-order valence-electron chi connectivity index (χ4n) is 3.16. The number of hydrogen-bond acceptors (Lipinski definition) is 6. The Morgan fingerprint density at radius 3 is 2.45 bits per heavy atom. The van der Waals surface area contributed by atoms with Crippen LogP contribution in [0, 0.1) is 0 Å². The van der Waals surface area contributed by atoms with Crippen molar-refractivity contribution in [2.75, 3.05) is 5.32 Å². The van der Waals surface area contributed by atoms with E-state index >= 15 is 0 Å². The summed E-state index contributed by atoms with van der Waals surface area (Å²) < 4.78 is 41.7. The number of carbonyl (C=O) groups is 1. The molecule has 0 atom stereocenters. The number of rotatable bonds is 8. The number of nitrogens with one attached hydrogen (secondary N) is 1. The fraction of sp³-hybridized carbons (Fsp3) is 0.130. The first kappa shape index (κ1) is 22.9. The number of aromatic carboxylic acids is 1. The molecule has 5 nitrogen and oxygen atoms in total. The molecule has 0 aliphatic rings. The van der Waals surface area contributed by atoms with E-state index in [0.29, 0.717) is 32.2 Å². The molecular weight excluding hydrogens is 473 g/mol. The molecule has 2 aromatic heterocycles. The van der Waals surface area contributed by atoms with Crippen molar-refractivity contribution in [3.05, 3.63) is 82.7 Å². The van der Waals surface area contributed by atoms with E-state index in [4.69, 9.17) is 0 Å². The summed E-state index contributed by atoms with van der Waals surface area (Å²) in [4.78, 5) is 16.8. The van der Waals surface area contributed by atoms with Gasteiger partial charge in [-0.2, -0.15) is 0 Å². The van der Waals surface area contributed by atoms with Crippen LogP contribution in [0.4, 0.5) is 18.9 Å². The monoisotopic (exact) mass is 490 g/mol. The minimum atomic E-state index is -4.76. The molecule has 33 heavy (non-hydrogen) atoms. The second kappa shape index (κ2) is 9.72. The van der Waals surface area contributed by atoms with Crippen LogP contribution in [0.1, 0.15) is 21.5 Å². The summed E-state index contributed by atoms with van der Waals surface area (Å²) in [6, 6.07) is 16.9. The van der Waals surface area contributed by atoms with Crippen LogP contribution in [-0.2, 0) is 12.3 Å². The number of ether oxygens (including phenoxy) is 1. The predicted molar refractivity (Wildman–Crippen MR) is 123 cm³/mol. The molecule has 10 heteroatoms. The molecule has 0 spiro atoms. The van der Waals surface area contributed by atoms with Crippen LogP contribution in [0.25, 0.3) is 10.2 Å². The van der Waals surface area contributed by atoms with E-state index in [1.54, 1.807) is 0 Å². The minimum absolute atomic E-state index is 0.0721. The maximum absolute atomic E-state index is 12.4. The number of alkyl halides is 3. The van der Waals surface area contributed by atoms with Gasteiger partial charge in [0.15, 0.2) is 0 Å². The number of carboxylic acid groups (broad SMARTS) is 1. The summed E-state index contributed by atoms with van der Waals surface area (Å²) in [5, 5.41) is 15.4. The van der Waals surface area contributed by atoms with Gasteiger partial charge in [-0.05, 0) is 34.7 Å². The second-order valence-electron chi connectivity index (χ2n) is 6.93. The molecule has 2 N–H and O–H groups in total. The number of anilines is 1. The molecule has 0 fully saturated rings. The van der Waals surface area contributed by atoms with E-state index in [1.807, 2.05) is 41.8 Å². The smallest absolute Gasteiger partial charge is 0.478 e. The van der Waals surface area contributed by atoms with Crippen molar-refractivity contribution in [1.82, 2.24) is 4.98 Å².